The molecule has 0 aromatic carbocycles. The van der Waals surface area contributed by atoms with E-state index in [0.717, 1.165) is 37.2 Å². The third-order valence-electron chi connectivity index (χ3n) is 2.80. The highest BCUT2D eigenvalue weighted by atomic mass is 32.1. The van der Waals surface area contributed by atoms with Crippen molar-refractivity contribution in [1.29, 1.82) is 0 Å². The maximum Gasteiger partial charge on any atom is 0.345 e. The lowest BCUT2D eigenvalue weighted by atomic mass is 10.1. The van der Waals surface area contributed by atoms with Crippen LogP contribution in [0.2, 0.25) is 0 Å². The topological polar surface area (TPSA) is 75.6 Å². The predicted molar refractivity (Wildman–Crippen MR) is 68.1 cm³/mol. The third-order valence-corrected chi connectivity index (χ3v) is 3.79. The van der Waals surface area contributed by atoms with E-state index in [1.54, 1.807) is 6.07 Å². The van der Waals surface area contributed by atoms with Crippen LogP contribution >= 0.6 is 11.3 Å². The normalized spacial score (nSPS) is 18.8. The molecule has 1 aliphatic rings. The smallest absolute Gasteiger partial charge is 0.345 e. The van der Waals surface area contributed by atoms with Gasteiger partial charge in [-0.2, -0.15) is 0 Å². The second-order valence-electron chi connectivity index (χ2n) is 4.19. The molecular weight excluding hydrogens is 254 g/mol. The fourth-order valence-corrected chi connectivity index (χ4v) is 2.65. The number of anilines is 1. The van der Waals surface area contributed by atoms with E-state index in [9.17, 15) is 9.59 Å². The van der Waals surface area contributed by atoms with Crippen LogP contribution in [-0.4, -0.2) is 29.7 Å². The summed E-state index contributed by atoms with van der Waals surface area (Å²) >= 11 is 1.06. The van der Waals surface area contributed by atoms with Crippen molar-refractivity contribution in [1.82, 2.24) is 0 Å². The quantitative estimate of drug-likeness (QED) is 0.860. The van der Waals surface area contributed by atoms with Crippen molar-refractivity contribution >= 4 is 28.2 Å². The summed E-state index contributed by atoms with van der Waals surface area (Å²) in [6.45, 7) is 0.791. The first-order chi connectivity index (χ1) is 8.65. The molecule has 2 N–H and O–H groups in total. The Kier molecular flexibility index (Phi) is 4.33. The number of carbonyl (C=O) groups is 2. The van der Waals surface area contributed by atoms with Crippen molar-refractivity contribution in [2.45, 2.75) is 31.8 Å². The molecule has 2 rings (SSSR count). The van der Waals surface area contributed by atoms with Gasteiger partial charge in [0.15, 0.2) is 0 Å². The summed E-state index contributed by atoms with van der Waals surface area (Å²) in [6, 6.07) is 3.10. The Hall–Kier alpha value is -1.40. The van der Waals surface area contributed by atoms with Gasteiger partial charge in [0.1, 0.15) is 4.88 Å². The average molecular weight is 269 g/mol. The lowest BCUT2D eigenvalue weighted by Crippen LogP contribution is -2.14. The minimum atomic E-state index is -0.972. The first kappa shape index (κ1) is 13.0. The molecule has 1 atom stereocenters. The van der Waals surface area contributed by atoms with E-state index < -0.39 is 5.97 Å². The van der Waals surface area contributed by atoms with Gasteiger partial charge in [0, 0.05) is 13.0 Å². The Labute approximate surface area is 109 Å². The Bertz CT molecular complexity index is 437. The van der Waals surface area contributed by atoms with E-state index in [-0.39, 0.29) is 16.9 Å². The summed E-state index contributed by atoms with van der Waals surface area (Å²) in [4.78, 5) is 22.5. The van der Waals surface area contributed by atoms with Crippen molar-refractivity contribution < 1.29 is 19.4 Å². The number of aromatic carboxylic acids is 1. The van der Waals surface area contributed by atoms with Crippen LogP contribution in [0.3, 0.4) is 0 Å². The van der Waals surface area contributed by atoms with E-state index in [2.05, 4.69) is 5.32 Å². The molecule has 98 valence electrons. The first-order valence-electron chi connectivity index (χ1n) is 5.90. The average Bonchev–Trinajstić information content (AvgIpc) is 2.96. The molecule has 1 unspecified atom stereocenters. The Morgan fingerprint density at radius 2 is 2.33 bits per heavy atom. The minimum Gasteiger partial charge on any atom is -0.477 e. The van der Waals surface area contributed by atoms with E-state index >= 15 is 0 Å². The zero-order chi connectivity index (χ0) is 13.0. The van der Waals surface area contributed by atoms with Gasteiger partial charge in [0.2, 0.25) is 5.91 Å². The number of ether oxygens (including phenoxy) is 1. The summed E-state index contributed by atoms with van der Waals surface area (Å²) < 4.78 is 5.43. The monoisotopic (exact) mass is 269 g/mol. The lowest BCUT2D eigenvalue weighted by molar-refractivity contribution is -0.116. The van der Waals surface area contributed by atoms with Gasteiger partial charge in [0.25, 0.3) is 0 Å². The summed E-state index contributed by atoms with van der Waals surface area (Å²) in [5, 5.41) is 12.0. The van der Waals surface area contributed by atoms with Crippen LogP contribution in [0.1, 0.15) is 35.4 Å². The van der Waals surface area contributed by atoms with Crippen LogP contribution in [0, 0.1) is 0 Å². The van der Waals surface area contributed by atoms with Gasteiger partial charge in [0.05, 0.1) is 11.1 Å². The van der Waals surface area contributed by atoms with Gasteiger partial charge in [-0.1, -0.05) is 0 Å². The number of rotatable bonds is 5. The van der Waals surface area contributed by atoms with Crippen LogP contribution in [0.4, 0.5) is 5.00 Å². The number of thiophene rings is 1. The highest BCUT2D eigenvalue weighted by Crippen LogP contribution is 2.22. The molecular formula is C12H15NO4S. The summed E-state index contributed by atoms with van der Waals surface area (Å²) in [6.07, 6.45) is 3.43. The molecule has 1 amide bonds. The Morgan fingerprint density at radius 3 is 2.94 bits per heavy atom. The largest absolute Gasteiger partial charge is 0.477 e. The van der Waals surface area contributed by atoms with Crippen molar-refractivity contribution in [2.75, 3.05) is 11.9 Å². The third kappa shape index (κ3) is 3.54. The molecule has 1 fully saturated rings. The number of hydrogen-bond donors (Lipinski definition) is 2. The molecule has 0 bridgehead atoms. The number of carboxylic acid groups (broad SMARTS) is 1. The maximum absolute atomic E-state index is 11.6. The summed E-state index contributed by atoms with van der Waals surface area (Å²) in [5.41, 5.74) is 0. The zero-order valence-electron chi connectivity index (χ0n) is 9.85. The second-order valence-corrected chi connectivity index (χ2v) is 5.27. The fourth-order valence-electron chi connectivity index (χ4n) is 1.88. The van der Waals surface area contributed by atoms with Gasteiger partial charge in [-0.05, 0) is 31.4 Å². The number of hydrogen-bond acceptors (Lipinski definition) is 4. The van der Waals surface area contributed by atoms with Gasteiger partial charge in [-0.15, -0.1) is 11.3 Å². The van der Waals surface area contributed by atoms with E-state index in [4.69, 9.17) is 9.84 Å². The van der Waals surface area contributed by atoms with Crippen LogP contribution in [0.15, 0.2) is 12.1 Å². The maximum atomic E-state index is 11.6. The van der Waals surface area contributed by atoms with Crippen molar-refractivity contribution in [3.8, 4) is 0 Å². The molecule has 1 aromatic heterocycles. The van der Waals surface area contributed by atoms with Crippen molar-refractivity contribution in [3.63, 3.8) is 0 Å². The minimum absolute atomic E-state index is 0.0933. The highest BCUT2D eigenvalue weighted by Gasteiger charge is 2.17. The van der Waals surface area contributed by atoms with E-state index in [1.165, 1.54) is 6.07 Å². The highest BCUT2D eigenvalue weighted by molar-refractivity contribution is 7.18. The molecule has 0 aliphatic carbocycles. The fraction of sp³-hybridized carbons (Fsp3) is 0.500. The lowest BCUT2D eigenvalue weighted by Gasteiger charge is -2.08. The molecule has 0 saturated carbocycles. The molecule has 1 saturated heterocycles. The SMILES string of the molecule is O=C(CCC1CCCO1)Nc1ccc(C(=O)O)s1. The molecule has 2 heterocycles. The van der Waals surface area contributed by atoms with Crippen LogP contribution in [0.5, 0.6) is 0 Å². The number of amides is 1. The van der Waals surface area contributed by atoms with E-state index in [1.807, 2.05) is 0 Å². The first-order valence-corrected chi connectivity index (χ1v) is 6.71. The molecule has 0 radical (unpaired) electrons. The molecule has 1 aliphatic heterocycles. The summed E-state index contributed by atoms with van der Waals surface area (Å²) in [7, 11) is 0. The van der Waals surface area contributed by atoms with Crippen molar-refractivity contribution in [2.24, 2.45) is 0 Å². The van der Waals surface area contributed by atoms with E-state index in [0.29, 0.717) is 11.4 Å². The molecule has 18 heavy (non-hydrogen) atoms. The van der Waals surface area contributed by atoms with Gasteiger partial charge in [-0.25, -0.2) is 4.79 Å². The Balaban J connectivity index is 1.77. The number of nitrogens with one attached hydrogen (secondary N) is 1. The predicted octanol–water partition coefficient (Wildman–Crippen LogP) is 2.34. The van der Waals surface area contributed by atoms with Crippen LogP contribution in [0.25, 0.3) is 0 Å². The molecule has 5 nitrogen and oxygen atoms in total. The van der Waals surface area contributed by atoms with Gasteiger partial charge in [-0.3, -0.25) is 4.79 Å². The molecule has 6 heteroatoms. The number of carboxylic acids is 1. The van der Waals surface area contributed by atoms with Gasteiger partial charge >= 0.3 is 5.97 Å². The zero-order valence-corrected chi connectivity index (χ0v) is 10.7. The van der Waals surface area contributed by atoms with Crippen LogP contribution in [-0.2, 0) is 9.53 Å². The van der Waals surface area contributed by atoms with Crippen LogP contribution < -0.4 is 5.32 Å². The van der Waals surface area contributed by atoms with Crippen molar-refractivity contribution in [3.05, 3.63) is 17.0 Å². The second kappa shape index (κ2) is 5.97. The summed E-state index contributed by atoms with van der Waals surface area (Å²) in [5.74, 6) is -1.07. The standard InChI is InChI=1S/C12H15NO4S/c14-10(5-3-8-2-1-7-17-8)13-11-6-4-9(18-11)12(15)16/h4,6,8H,1-3,5,7H2,(H,13,14)(H,15,16). The van der Waals surface area contributed by atoms with Gasteiger partial charge < -0.3 is 15.2 Å². The molecule has 1 aromatic rings. The Morgan fingerprint density at radius 1 is 1.50 bits per heavy atom. The number of carbonyl (C=O) groups excluding carboxylic acids is 1. The molecule has 0 spiro atoms.